The van der Waals surface area contributed by atoms with Crippen LogP contribution in [-0.2, 0) is 0 Å². The van der Waals surface area contributed by atoms with Gasteiger partial charge in [0.1, 0.15) is 0 Å². The summed E-state index contributed by atoms with van der Waals surface area (Å²) in [4.78, 5) is 20.9. The quantitative estimate of drug-likeness (QED) is 0.252. The molecule has 0 aliphatic carbocycles. The fourth-order valence-corrected chi connectivity index (χ4v) is 1.31. The second kappa shape index (κ2) is 6.25. The molecule has 0 atom stereocenters. The van der Waals surface area contributed by atoms with Crippen LogP contribution in [0.4, 0.5) is 5.69 Å². The molecule has 0 heterocycles. The molecule has 0 aliphatic rings. The van der Waals surface area contributed by atoms with Crippen molar-refractivity contribution >= 4 is 12.0 Å². The topological polar surface area (TPSA) is 78.7 Å². The maximum absolute atomic E-state index is 10.8. The van der Waals surface area contributed by atoms with Crippen molar-refractivity contribution in [3.63, 3.8) is 0 Å². The van der Waals surface area contributed by atoms with Crippen molar-refractivity contribution in [2.24, 2.45) is 0 Å². The normalized spacial score (nSPS) is 9.33. The van der Waals surface area contributed by atoms with Gasteiger partial charge in [0.2, 0.25) is 0 Å². The van der Waals surface area contributed by atoms with E-state index in [1.165, 1.54) is 13.2 Å². The Morgan fingerprint density at radius 2 is 2.22 bits per heavy atom. The smallest absolute Gasteiger partial charge is 0.283 e. The van der Waals surface area contributed by atoms with E-state index >= 15 is 0 Å². The predicted molar refractivity (Wildman–Crippen MR) is 64.0 cm³/mol. The zero-order valence-corrected chi connectivity index (χ0v) is 9.71. The van der Waals surface area contributed by atoms with E-state index in [1.54, 1.807) is 0 Å². The third kappa shape index (κ3) is 2.98. The van der Waals surface area contributed by atoms with E-state index in [2.05, 4.69) is 5.92 Å². The number of nitro benzene ring substituents is 1. The van der Waals surface area contributed by atoms with Crippen LogP contribution in [0.1, 0.15) is 16.8 Å². The Balaban J connectivity index is 3.15. The summed E-state index contributed by atoms with van der Waals surface area (Å²) in [6.45, 7) is 0.213. The predicted octanol–water partition coefficient (Wildman–Crippen LogP) is 1.82. The maximum atomic E-state index is 10.8. The molecule has 0 aliphatic heterocycles. The number of nitrogens with zero attached hydrogens (tertiary/aromatic N) is 1. The molecule has 0 unspecified atom stereocenters. The van der Waals surface area contributed by atoms with Gasteiger partial charge in [-0.25, -0.2) is 0 Å². The minimum atomic E-state index is -0.656. The first kappa shape index (κ1) is 13.5. The molecular weight excluding hydrogens is 238 g/mol. The van der Waals surface area contributed by atoms with Crippen LogP contribution in [0.15, 0.2) is 12.1 Å². The first-order valence-electron chi connectivity index (χ1n) is 5.02. The minimum absolute atomic E-state index is 0.0684. The number of methoxy groups -OCH3 is 1. The lowest BCUT2D eigenvalue weighted by Gasteiger charge is -2.10. The molecule has 0 bridgehead atoms. The lowest BCUT2D eigenvalue weighted by molar-refractivity contribution is -0.385. The van der Waals surface area contributed by atoms with E-state index < -0.39 is 4.92 Å². The molecule has 0 N–H and O–H groups in total. The van der Waals surface area contributed by atoms with Crippen LogP contribution in [0, 0.1) is 22.5 Å². The number of hydrogen-bond donors (Lipinski definition) is 0. The third-order valence-corrected chi connectivity index (χ3v) is 2.14. The number of carbonyl (C=O) groups is 1. The van der Waals surface area contributed by atoms with Gasteiger partial charge in [-0.2, -0.15) is 0 Å². The standard InChI is InChI=1S/C12H11NO5/c1-3-4-5-18-12-7-10(13(15)16)9(8-14)6-11(12)17-2/h1,6-8H,4-5H2,2H3. The molecule has 0 fully saturated rings. The molecule has 6 heteroatoms. The second-order valence-electron chi connectivity index (χ2n) is 3.24. The highest BCUT2D eigenvalue weighted by molar-refractivity contribution is 5.83. The van der Waals surface area contributed by atoms with Crippen molar-refractivity contribution in [1.29, 1.82) is 0 Å². The van der Waals surface area contributed by atoms with Crippen LogP contribution in [0.3, 0.4) is 0 Å². The maximum Gasteiger partial charge on any atom is 0.283 e. The van der Waals surface area contributed by atoms with E-state index in [4.69, 9.17) is 15.9 Å². The molecule has 6 nitrogen and oxygen atoms in total. The molecule has 1 aromatic carbocycles. The van der Waals surface area contributed by atoms with E-state index in [9.17, 15) is 14.9 Å². The van der Waals surface area contributed by atoms with Gasteiger partial charge in [-0.05, 0) is 0 Å². The Hall–Kier alpha value is -2.55. The van der Waals surface area contributed by atoms with Crippen LogP contribution in [-0.4, -0.2) is 24.9 Å². The molecule has 0 radical (unpaired) electrons. The van der Waals surface area contributed by atoms with E-state index in [-0.39, 0.29) is 29.4 Å². The summed E-state index contributed by atoms with van der Waals surface area (Å²) < 4.78 is 10.3. The average Bonchev–Trinajstić information content (AvgIpc) is 2.38. The first-order valence-corrected chi connectivity index (χ1v) is 5.02. The number of aldehydes is 1. The molecular formula is C12H11NO5. The van der Waals surface area contributed by atoms with Crippen molar-refractivity contribution in [3.05, 3.63) is 27.8 Å². The molecule has 1 aromatic rings. The molecule has 0 spiro atoms. The van der Waals surface area contributed by atoms with Gasteiger partial charge in [-0.1, -0.05) is 0 Å². The van der Waals surface area contributed by atoms with Crippen LogP contribution in [0.25, 0.3) is 0 Å². The zero-order chi connectivity index (χ0) is 13.5. The van der Waals surface area contributed by atoms with E-state index in [0.717, 1.165) is 6.07 Å². The molecule has 0 saturated carbocycles. The number of terminal acetylenes is 1. The molecule has 0 amide bonds. The van der Waals surface area contributed by atoms with Gasteiger partial charge in [-0.15, -0.1) is 12.3 Å². The molecule has 94 valence electrons. The number of ether oxygens (including phenoxy) is 2. The van der Waals surface area contributed by atoms with Crippen molar-refractivity contribution in [2.45, 2.75) is 6.42 Å². The van der Waals surface area contributed by atoms with Gasteiger partial charge in [0.15, 0.2) is 17.8 Å². The van der Waals surface area contributed by atoms with E-state index in [1.807, 2.05) is 0 Å². The minimum Gasteiger partial charge on any atom is -0.493 e. The highest BCUT2D eigenvalue weighted by Gasteiger charge is 2.19. The highest BCUT2D eigenvalue weighted by atomic mass is 16.6. The van der Waals surface area contributed by atoms with Crippen molar-refractivity contribution in [2.75, 3.05) is 13.7 Å². The van der Waals surface area contributed by atoms with Crippen molar-refractivity contribution in [3.8, 4) is 23.8 Å². The average molecular weight is 249 g/mol. The lowest BCUT2D eigenvalue weighted by Crippen LogP contribution is -2.02. The van der Waals surface area contributed by atoms with Gasteiger partial charge in [0.25, 0.3) is 5.69 Å². The Morgan fingerprint density at radius 3 is 2.72 bits per heavy atom. The first-order chi connectivity index (χ1) is 8.63. The summed E-state index contributed by atoms with van der Waals surface area (Å²) in [5.74, 6) is 2.81. The van der Waals surface area contributed by atoms with Crippen LogP contribution >= 0.6 is 0 Å². The number of rotatable bonds is 6. The number of carbonyl (C=O) groups excluding carboxylic acids is 1. The second-order valence-corrected chi connectivity index (χ2v) is 3.24. The molecule has 18 heavy (non-hydrogen) atoms. The van der Waals surface area contributed by atoms with Crippen LogP contribution in [0.5, 0.6) is 11.5 Å². The fourth-order valence-electron chi connectivity index (χ4n) is 1.31. The van der Waals surface area contributed by atoms with Gasteiger partial charge >= 0.3 is 0 Å². The largest absolute Gasteiger partial charge is 0.493 e. The van der Waals surface area contributed by atoms with Gasteiger partial charge in [-0.3, -0.25) is 14.9 Å². The van der Waals surface area contributed by atoms with Crippen LogP contribution < -0.4 is 9.47 Å². The SMILES string of the molecule is C#CCCOc1cc([N+](=O)[O-])c(C=O)cc1OC. The lowest BCUT2D eigenvalue weighted by atomic mass is 10.1. The zero-order valence-electron chi connectivity index (χ0n) is 9.71. The van der Waals surface area contributed by atoms with Crippen LogP contribution in [0.2, 0.25) is 0 Å². The Kier molecular flexibility index (Phi) is 4.69. The molecule has 0 aromatic heterocycles. The Labute approximate surface area is 104 Å². The van der Waals surface area contributed by atoms with Gasteiger partial charge in [0.05, 0.1) is 30.3 Å². The fraction of sp³-hybridized carbons (Fsp3) is 0.250. The monoisotopic (exact) mass is 249 g/mol. The summed E-state index contributed by atoms with van der Waals surface area (Å²) in [5, 5.41) is 10.8. The third-order valence-electron chi connectivity index (χ3n) is 2.14. The van der Waals surface area contributed by atoms with E-state index in [0.29, 0.717) is 12.7 Å². The Bertz CT molecular complexity index is 504. The van der Waals surface area contributed by atoms with Gasteiger partial charge < -0.3 is 9.47 Å². The molecule has 1 rings (SSSR count). The van der Waals surface area contributed by atoms with Crippen molar-refractivity contribution in [1.82, 2.24) is 0 Å². The summed E-state index contributed by atoms with van der Waals surface area (Å²) in [5.41, 5.74) is -0.400. The Morgan fingerprint density at radius 1 is 1.50 bits per heavy atom. The molecule has 0 saturated heterocycles. The summed E-state index contributed by atoms with van der Waals surface area (Å²) in [7, 11) is 1.38. The summed E-state index contributed by atoms with van der Waals surface area (Å²) >= 11 is 0. The number of nitro groups is 1. The van der Waals surface area contributed by atoms with Crippen molar-refractivity contribution < 1.29 is 19.2 Å². The highest BCUT2D eigenvalue weighted by Crippen LogP contribution is 2.33. The number of benzene rings is 1. The number of hydrogen-bond acceptors (Lipinski definition) is 5. The summed E-state index contributed by atoms with van der Waals surface area (Å²) in [6, 6.07) is 2.41. The summed E-state index contributed by atoms with van der Waals surface area (Å²) in [6.07, 6.45) is 5.83. The van der Waals surface area contributed by atoms with Gasteiger partial charge in [0, 0.05) is 12.5 Å².